The minimum atomic E-state index is 0.653. The van der Waals surface area contributed by atoms with Gasteiger partial charge < -0.3 is 10.1 Å². The molecule has 18 heavy (non-hydrogen) atoms. The Morgan fingerprint density at radius 1 is 1.22 bits per heavy atom. The molecule has 96 valence electrons. The van der Waals surface area contributed by atoms with Crippen molar-refractivity contribution < 1.29 is 4.74 Å². The summed E-state index contributed by atoms with van der Waals surface area (Å²) in [6, 6.07) is 10.1. The topological polar surface area (TPSA) is 34.1 Å². The van der Waals surface area contributed by atoms with Gasteiger partial charge in [-0.15, -0.1) is 0 Å². The average molecular weight is 244 g/mol. The standard InChI is InChI=1S/C15H20N2O/c1-11(2)9-16-10-13-8-7-12-5-4-6-14(18-3)15(12)17-13/h4-8,11,16H,9-10H2,1-3H3. The molecular weight excluding hydrogens is 224 g/mol. The van der Waals surface area contributed by atoms with Crippen molar-refractivity contribution >= 4 is 10.9 Å². The fraction of sp³-hybridized carbons (Fsp3) is 0.400. The van der Waals surface area contributed by atoms with Gasteiger partial charge in [0.25, 0.3) is 0 Å². The summed E-state index contributed by atoms with van der Waals surface area (Å²) < 4.78 is 5.34. The van der Waals surface area contributed by atoms with Gasteiger partial charge in [-0.3, -0.25) is 0 Å². The van der Waals surface area contributed by atoms with Gasteiger partial charge in [-0.2, -0.15) is 0 Å². The summed E-state index contributed by atoms with van der Waals surface area (Å²) in [5, 5.41) is 4.51. The van der Waals surface area contributed by atoms with Crippen molar-refractivity contribution in [2.75, 3.05) is 13.7 Å². The van der Waals surface area contributed by atoms with Crippen LogP contribution in [0.15, 0.2) is 30.3 Å². The van der Waals surface area contributed by atoms with E-state index >= 15 is 0 Å². The number of pyridine rings is 1. The van der Waals surface area contributed by atoms with E-state index in [1.165, 1.54) is 0 Å². The molecule has 1 N–H and O–H groups in total. The van der Waals surface area contributed by atoms with E-state index in [-0.39, 0.29) is 0 Å². The van der Waals surface area contributed by atoms with Gasteiger partial charge in [-0.25, -0.2) is 4.98 Å². The predicted octanol–water partition coefficient (Wildman–Crippen LogP) is 2.99. The van der Waals surface area contributed by atoms with E-state index in [2.05, 4.69) is 42.3 Å². The van der Waals surface area contributed by atoms with E-state index in [0.29, 0.717) is 5.92 Å². The molecule has 0 radical (unpaired) electrons. The predicted molar refractivity (Wildman–Crippen MR) is 74.8 cm³/mol. The zero-order valence-electron chi connectivity index (χ0n) is 11.2. The Hall–Kier alpha value is -1.61. The Labute approximate surface area is 108 Å². The number of benzene rings is 1. The lowest BCUT2D eigenvalue weighted by atomic mass is 10.2. The molecule has 1 heterocycles. The lowest BCUT2D eigenvalue weighted by Gasteiger charge is -2.09. The summed E-state index contributed by atoms with van der Waals surface area (Å²) in [7, 11) is 1.68. The van der Waals surface area contributed by atoms with Crippen LogP contribution in [0, 0.1) is 5.92 Å². The number of rotatable bonds is 5. The number of methoxy groups -OCH3 is 1. The van der Waals surface area contributed by atoms with Crippen molar-refractivity contribution in [1.82, 2.24) is 10.3 Å². The summed E-state index contributed by atoms with van der Waals surface area (Å²) in [6.07, 6.45) is 0. The van der Waals surface area contributed by atoms with E-state index in [4.69, 9.17) is 4.74 Å². The van der Waals surface area contributed by atoms with Crippen LogP contribution in [0.4, 0.5) is 0 Å². The minimum absolute atomic E-state index is 0.653. The monoisotopic (exact) mass is 244 g/mol. The second-order valence-corrected chi connectivity index (χ2v) is 4.86. The maximum absolute atomic E-state index is 5.34. The average Bonchev–Trinajstić information content (AvgIpc) is 2.37. The largest absolute Gasteiger partial charge is 0.494 e. The molecule has 0 aliphatic rings. The third-order valence-corrected chi connectivity index (χ3v) is 2.82. The van der Waals surface area contributed by atoms with Gasteiger partial charge in [-0.1, -0.05) is 32.0 Å². The van der Waals surface area contributed by atoms with Crippen molar-refractivity contribution in [3.8, 4) is 5.75 Å². The van der Waals surface area contributed by atoms with E-state index in [0.717, 1.165) is 35.4 Å². The number of fused-ring (bicyclic) bond motifs is 1. The third-order valence-electron chi connectivity index (χ3n) is 2.82. The fourth-order valence-electron chi connectivity index (χ4n) is 1.91. The molecule has 0 aliphatic heterocycles. The smallest absolute Gasteiger partial charge is 0.145 e. The van der Waals surface area contributed by atoms with Gasteiger partial charge in [0.15, 0.2) is 0 Å². The molecule has 3 heteroatoms. The minimum Gasteiger partial charge on any atom is -0.494 e. The highest BCUT2D eigenvalue weighted by molar-refractivity contribution is 5.84. The first-order chi connectivity index (χ1) is 8.70. The zero-order valence-corrected chi connectivity index (χ0v) is 11.2. The highest BCUT2D eigenvalue weighted by Crippen LogP contribution is 2.23. The van der Waals surface area contributed by atoms with Crippen molar-refractivity contribution in [2.24, 2.45) is 5.92 Å². The van der Waals surface area contributed by atoms with Crippen LogP contribution < -0.4 is 10.1 Å². The molecule has 0 fully saturated rings. The second-order valence-electron chi connectivity index (χ2n) is 4.86. The third kappa shape index (κ3) is 2.99. The first-order valence-electron chi connectivity index (χ1n) is 6.34. The summed E-state index contributed by atoms with van der Waals surface area (Å²) in [6.45, 7) is 6.20. The molecule has 0 saturated carbocycles. The molecule has 2 aromatic rings. The number of para-hydroxylation sites is 1. The molecular formula is C15H20N2O. The van der Waals surface area contributed by atoms with Crippen molar-refractivity contribution in [1.29, 1.82) is 0 Å². The Balaban J connectivity index is 2.20. The van der Waals surface area contributed by atoms with Gasteiger partial charge in [0.05, 0.1) is 12.8 Å². The highest BCUT2D eigenvalue weighted by Gasteiger charge is 2.04. The van der Waals surface area contributed by atoms with E-state index in [1.54, 1.807) is 7.11 Å². The van der Waals surface area contributed by atoms with Crippen LogP contribution in [0.1, 0.15) is 19.5 Å². The van der Waals surface area contributed by atoms with Crippen LogP contribution in [0.3, 0.4) is 0 Å². The van der Waals surface area contributed by atoms with Gasteiger partial charge in [0.1, 0.15) is 11.3 Å². The number of nitrogens with one attached hydrogen (secondary N) is 1. The second kappa shape index (κ2) is 5.83. The molecule has 0 aliphatic carbocycles. The van der Waals surface area contributed by atoms with Crippen molar-refractivity contribution in [2.45, 2.75) is 20.4 Å². The van der Waals surface area contributed by atoms with Crippen LogP contribution in [0.5, 0.6) is 5.75 Å². The van der Waals surface area contributed by atoms with Crippen LogP contribution in [-0.2, 0) is 6.54 Å². The van der Waals surface area contributed by atoms with Gasteiger partial charge in [0.2, 0.25) is 0 Å². The normalized spacial score (nSPS) is 11.1. The molecule has 0 spiro atoms. The van der Waals surface area contributed by atoms with Crippen molar-refractivity contribution in [3.05, 3.63) is 36.0 Å². The highest BCUT2D eigenvalue weighted by atomic mass is 16.5. The first-order valence-corrected chi connectivity index (χ1v) is 6.34. The maximum Gasteiger partial charge on any atom is 0.145 e. The Morgan fingerprint density at radius 2 is 2.06 bits per heavy atom. The van der Waals surface area contributed by atoms with Crippen LogP contribution >= 0.6 is 0 Å². The quantitative estimate of drug-likeness (QED) is 0.878. The van der Waals surface area contributed by atoms with E-state index < -0.39 is 0 Å². The fourth-order valence-corrected chi connectivity index (χ4v) is 1.91. The SMILES string of the molecule is COc1cccc2ccc(CNCC(C)C)nc12. The first kappa shape index (κ1) is 12.8. The molecule has 0 bridgehead atoms. The zero-order chi connectivity index (χ0) is 13.0. The summed E-state index contributed by atoms with van der Waals surface area (Å²) in [5.41, 5.74) is 1.98. The summed E-state index contributed by atoms with van der Waals surface area (Å²) in [5.74, 6) is 1.48. The molecule has 3 nitrogen and oxygen atoms in total. The number of aromatic nitrogens is 1. The number of hydrogen-bond acceptors (Lipinski definition) is 3. The molecule has 0 saturated heterocycles. The number of nitrogens with zero attached hydrogens (tertiary/aromatic N) is 1. The van der Waals surface area contributed by atoms with Crippen LogP contribution in [0.25, 0.3) is 10.9 Å². The van der Waals surface area contributed by atoms with Crippen LogP contribution in [0.2, 0.25) is 0 Å². The Kier molecular flexibility index (Phi) is 4.15. The Bertz CT molecular complexity index is 523. The van der Waals surface area contributed by atoms with Crippen LogP contribution in [-0.4, -0.2) is 18.6 Å². The molecule has 0 atom stereocenters. The Morgan fingerprint density at radius 3 is 2.78 bits per heavy atom. The lowest BCUT2D eigenvalue weighted by Crippen LogP contribution is -2.19. The molecule has 2 rings (SSSR count). The van der Waals surface area contributed by atoms with Gasteiger partial charge >= 0.3 is 0 Å². The molecule has 1 aromatic carbocycles. The van der Waals surface area contributed by atoms with Gasteiger partial charge in [-0.05, 0) is 24.6 Å². The lowest BCUT2D eigenvalue weighted by molar-refractivity contribution is 0.418. The summed E-state index contributed by atoms with van der Waals surface area (Å²) >= 11 is 0. The number of ether oxygens (including phenoxy) is 1. The molecule has 0 amide bonds. The van der Waals surface area contributed by atoms with E-state index in [9.17, 15) is 0 Å². The van der Waals surface area contributed by atoms with E-state index in [1.807, 2.05) is 12.1 Å². The number of hydrogen-bond donors (Lipinski definition) is 1. The maximum atomic E-state index is 5.34. The van der Waals surface area contributed by atoms with Gasteiger partial charge in [0, 0.05) is 11.9 Å². The van der Waals surface area contributed by atoms with Crippen molar-refractivity contribution in [3.63, 3.8) is 0 Å². The molecule has 1 aromatic heterocycles. The summed E-state index contributed by atoms with van der Waals surface area (Å²) in [4.78, 5) is 4.66. The molecule has 0 unspecified atom stereocenters.